The van der Waals surface area contributed by atoms with E-state index < -0.39 is 0 Å². The molecule has 0 amide bonds. The van der Waals surface area contributed by atoms with Crippen LogP contribution in [0.1, 0.15) is 39.2 Å². The minimum absolute atomic E-state index is 0.0630. The van der Waals surface area contributed by atoms with Crippen molar-refractivity contribution in [3.8, 4) is 5.75 Å². The Labute approximate surface area is 126 Å². The van der Waals surface area contributed by atoms with Crippen LogP contribution < -0.4 is 10.1 Å². The van der Waals surface area contributed by atoms with Gasteiger partial charge in [-0.15, -0.1) is 0 Å². The molecule has 0 aliphatic carbocycles. The first kappa shape index (κ1) is 15.6. The second-order valence-electron chi connectivity index (χ2n) is 6.29. The second-order valence-corrected chi connectivity index (χ2v) is 6.70. The second kappa shape index (κ2) is 6.79. The minimum atomic E-state index is 0.0630. The predicted molar refractivity (Wildman–Crippen MR) is 82.5 cm³/mol. The lowest BCUT2D eigenvalue weighted by Crippen LogP contribution is -2.35. The molecule has 2 rings (SSSR count). The highest BCUT2D eigenvalue weighted by molar-refractivity contribution is 6.32. The largest absolute Gasteiger partial charge is 0.486 e. The molecule has 3 nitrogen and oxygen atoms in total. The molecule has 0 bridgehead atoms. The molecule has 1 heterocycles. The molecule has 1 unspecified atom stereocenters. The zero-order chi connectivity index (χ0) is 14.6. The lowest BCUT2D eigenvalue weighted by atomic mass is 10.1. The van der Waals surface area contributed by atoms with E-state index in [4.69, 9.17) is 21.1 Å². The molecular formula is C16H24ClNO2. The Bertz CT molecular complexity index is 437. The van der Waals surface area contributed by atoms with E-state index in [2.05, 4.69) is 32.2 Å². The van der Waals surface area contributed by atoms with Crippen molar-refractivity contribution in [3.63, 3.8) is 0 Å². The van der Waals surface area contributed by atoms with Gasteiger partial charge >= 0.3 is 0 Å². The molecule has 1 N–H and O–H groups in total. The van der Waals surface area contributed by atoms with Crippen LogP contribution in [-0.4, -0.2) is 24.9 Å². The summed E-state index contributed by atoms with van der Waals surface area (Å²) in [7, 11) is 0. The number of hydrogen-bond acceptors (Lipinski definition) is 3. The summed E-state index contributed by atoms with van der Waals surface area (Å²) in [6, 6.07) is 5.90. The molecule has 1 saturated heterocycles. The molecule has 0 aromatic heterocycles. The van der Waals surface area contributed by atoms with Crippen LogP contribution in [0.4, 0.5) is 0 Å². The number of rotatable bonds is 4. The highest BCUT2D eigenvalue weighted by Crippen LogP contribution is 2.31. The van der Waals surface area contributed by atoms with Crippen molar-refractivity contribution in [1.82, 2.24) is 5.32 Å². The third-order valence-electron chi connectivity index (χ3n) is 3.26. The zero-order valence-corrected chi connectivity index (χ0v) is 13.3. The fraction of sp³-hybridized carbons (Fsp3) is 0.625. The van der Waals surface area contributed by atoms with Gasteiger partial charge in [-0.1, -0.05) is 23.7 Å². The lowest BCUT2D eigenvalue weighted by molar-refractivity contribution is 0.00702. The Kier molecular flexibility index (Phi) is 5.30. The van der Waals surface area contributed by atoms with Gasteiger partial charge in [0.1, 0.15) is 11.9 Å². The van der Waals surface area contributed by atoms with E-state index in [-0.39, 0.29) is 11.6 Å². The van der Waals surface area contributed by atoms with Gasteiger partial charge in [-0.3, -0.25) is 0 Å². The van der Waals surface area contributed by atoms with Gasteiger partial charge in [0.25, 0.3) is 0 Å². The first-order chi connectivity index (χ1) is 9.46. The number of halogens is 1. The van der Waals surface area contributed by atoms with Crippen molar-refractivity contribution in [3.05, 3.63) is 28.8 Å². The molecular weight excluding hydrogens is 274 g/mol. The Balaban J connectivity index is 2.09. The number of benzene rings is 1. The summed E-state index contributed by atoms with van der Waals surface area (Å²) < 4.78 is 11.6. The van der Waals surface area contributed by atoms with Crippen LogP contribution in [0.2, 0.25) is 5.02 Å². The summed E-state index contributed by atoms with van der Waals surface area (Å²) in [6.07, 6.45) is 2.18. The van der Waals surface area contributed by atoms with E-state index in [9.17, 15) is 0 Å². The van der Waals surface area contributed by atoms with Crippen LogP contribution in [0.3, 0.4) is 0 Å². The zero-order valence-electron chi connectivity index (χ0n) is 12.5. The van der Waals surface area contributed by atoms with Crippen molar-refractivity contribution in [1.29, 1.82) is 0 Å². The Morgan fingerprint density at radius 2 is 2.20 bits per heavy atom. The van der Waals surface area contributed by atoms with Crippen molar-refractivity contribution < 1.29 is 9.47 Å². The quantitative estimate of drug-likeness (QED) is 0.917. The molecule has 1 aliphatic heterocycles. The van der Waals surface area contributed by atoms with Crippen molar-refractivity contribution in [2.24, 2.45) is 0 Å². The fourth-order valence-corrected chi connectivity index (χ4v) is 2.39. The van der Waals surface area contributed by atoms with Crippen molar-refractivity contribution in [2.75, 3.05) is 13.2 Å². The number of ether oxygens (including phenoxy) is 2. The van der Waals surface area contributed by atoms with Gasteiger partial charge < -0.3 is 14.8 Å². The summed E-state index contributed by atoms with van der Waals surface area (Å²) >= 11 is 6.31. The molecule has 0 spiro atoms. The molecule has 112 valence electrons. The summed E-state index contributed by atoms with van der Waals surface area (Å²) in [6.45, 7) is 8.66. The molecule has 0 saturated carbocycles. The van der Waals surface area contributed by atoms with Crippen LogP contribution in [-0.2, 0) is 11.3 Å². The smallest absolute Gasteiger partial charge is 0.142 e. The maximum atomic E-state index is 6.31. The first-order valence-corrected chi connectivity index (χ1v) is 7.60. The maximum Gasteiger partial charge on any atom is 0.142 e. The Morgan fingerprint density at radius 1 is 1.40 bits per heavy atom. The number of nitrogens with one attached hydrogen (secondary N) is 1. The van der Waals surface area contributed by atoms with Gasteiger partial charge in [0.2, 0.25) is 0 Å². The molecule has 1 aromatic rings. The highest BCUT2D eigenvalue weighted by atomic mass is 35.5. The molecule has 0 radical (unpaired) electrons. The molecule has 1 atom stereocenters. The van der Waals surface area contributed by atoms with Crippen LogP contribution in [0, 0.1) is 0 Å². The van der Waals surface area contributed by atoms with E-state index in [1.54, 1.807) is 0 Å². The van der Waals surface area contributed by atoms with Gasteiger partial charge in [-0.25, -0.2) is 0 Å². The lowest BCUT2D eigenvalue weighted by Gasteiger charge is -2.26. The maximum absolute atomic E-state index is 6.31. The number of para-hydroxylation sites is 1. The van der Waals surface area contributed by atoms with E-state index in [0.29, 0.717) is 11.6 Å². The molecule has 20 heavy (non-hydrogen) atoms. The highest BCUT2D eigenvalue weighted by Gasteiger charge is 2.19. The topological polar surface area (TPSA) is 30.5 Å². The van der Waals surface area contributed by atoms with E-state index >= 15 is 0 Å². The monoisotopic (exact) mass is 297 g/mol. The predicted octanol–water partition coefficient (Wildman–Crippen LogP) is 3.79. The average Bonchev–Trinajstić information content (AvgIpc) is 2.40. The molecule has 1 fully saturated rings. The van der Waals surface area contributed by atoms with Gasteiger partial charge in [-0.05, 0) is 39.7 Å². The summed E-state index contributed by atoms with van der Waals surface area (Å²) in [5.74, 6) is 0.793. The standard InChI is InChI=1S/C16H24ClNO2/c1-16(2,3)18-10-12-6-4-8-14(17)15(12)20-13-7-5-9-19-11-13/h4,6,8,13,18H,5,7,9-11H2,1-3H3. The third-order valence-corrected chi connectivity index (χ3v) is 3.56. The van der Waals surface area contributed by atoms with Crippen LogP contribution in [0.15, 0.2) is 18.2 Å². The fourth-order valence-electron chi connectivity index (χ4n) is 2.16. The van der Waals surface area contributed by atoms with Crippen molar-refractivity contribution in [2.45, 2.75) is 51.8 Å². The molecule has 4 heteroatoms. The summed E-state index contributed by atoms with van der Waals surface area (Å²) in [4.78, 5) is 0. The van der Waals surface area contributed by atoms with Crippen LogP contribution in [0.5, 0.6) is 5.75 Å². The van der Waals surface area contributed by atoms with Crippen LogP contribution in [0.25, 0.3) is 0 Å². The van der Waals surface area contributed by atoms with Gasteiger partial charge in [0.05, 0.1) is 11.6 Å². The summed E-state index contributed by atoms with van der Waals surface area (Å²) in [5, 5.41) is 4.14. The minimum Gasteiger partial charge on any atom is -0.486 e. The van der Waals surface area contributed by atoms with Gasteiger partial charge in [0.15, 0.2) is 0 Å². The van der Waals surface area contributed by atoms with Gasteiger partial charge in [0, 0.05) is 24.3 Å². The Hall–Kier alpha value is -0.770. The summed E-state index contributed by atoms with van der Waals surface area (Å²) in [5.41, 5.74) is 1.16. The number of hydrogen-bond donors (Lipinski definition) is 1. The van der Waals surface area contributed by atoms with Crippen LogP contribution >= 0.6 is 11.6 Å². The van der Waals surface area contributed by atoms with Crippen molar-refractivity contribution >= 4 is 11.6 Å². The third kappa shape index (κ3) is 4.65. The first-order valence-electron chi connectivity index (χ1n) is 7.22. The van der Waals surface area contributed by atoms with E-state index in [1.807, 2.05) is 12.1 Å². The Morgan fingerprint density at radius 3 is 2.85 bits per heavy atom. The van der Waals surface area contributed by atoms with Gasteiger partial charge in [-0.2, -0.15) is 0 Å². The van der Waals surface area contributed by atoms with E-state index in [1.165, 1.54) is 0 Å². The normalized spacial score (nSPS) is 19.9. The molecule has 1 aromatic carbocycles. The SMILES string of the molecule is CC(C)(C)NCc1cccc(Cl)c1OC1CCCOC1. The van der Waals surface area contributed by atoms with E-state index in [0.717, 1.165) is 37.3 Å². The molecule has 1 aliphatic rings. The average molecular weight is 298 g/mol.